The van der Waals surface area contributed by atoms with Crippen molar-refractivity contribution in [3.63, 3.8) is 0 Å². The van der Waals surface area contributed by atoms with Crippen molar-refractivity contribution in [2.24, 2.45) is 5.92 Å². The number of sulfonamides is 1. The van der Waals surface area contributed by atoms with Gasteiger partial charge in [0.25, 0.3) is 0 Å². The Morgan fingerprint density at radius 3 is 2.12 bits per heavy atom. The van der Waals surface area contributed by atoms with Crippen molar-refractivity contribution < 1.29 is 13.2 Å². The Labute approximate surface area is 207 Å². The van der Waals surface area contributed by atoms with Gasteiger partial charge in [0.1, 0.15) is 0 Å². The molecule has 1 amide bonds. The predicted molar refractivity (Wildman–Crippen MR) is 135 cm³/mol. The summed E-state index contributed by atoms with van der Waals surface area (Å²) >= 11 is 12.3. The van der Waals surface area contributed by atoms with E-state index in [1.54, 1.807) is 18.2 Å². The second kappa shape index (κ2) is 10.3. The van der Waals surface area contributed by atoms with Crippen LogP contribution in [0.2, 0.25) is 10.0 Å². The van der Waals surface area contributed by atoms with Crippen LogP contribution in [0.3, 0.4) is 0 Å². The molecule has 1 N–H and O–H groups in total. The van der Waals surface area contributed by atoms with E-state index in [2.05, 4.69) is 50.4 Å². The number of benzene rings is 2. The fourth-order valence-electron chi connectivity index (χ4n) is 4.03. The number of amides is 1. The molecule has 1 atom stereocenters. The molecule has 3 rings (SSSR count). The highest BCUT2D eigenvalue weighted by Gasteiger charge is 2.32. The molecule has 0 aliphatic carbocycles. The van der Waals surface area contributed by atoms with E-state index in [1.165, 1.54) is 9.87 Å². The van der Waals surface area contributed by atoms with Crippen molar-refractivity contribution in [1.82, 2.24) is 9.62 Å². The Hall–Kier alpha value is -1.60. The SMILES string of the molecule is C[C@@H](NC(=O)C1CCN(S(=O)(=O)Cc2c(Cl)cccc2Cl)CC1)c1ccc(C(C)(C)C)cc1. The molecule has 0 saturated carbocycles. The highest BCUT2D eigenvalue weighted by atomic mass is 35.5. The average Bonchev–Trinajstić information content (AvgIpc) is 2.76. The van der Waals surface area contributed by atoms with Crippen molar-refractivity contribution in [3.05, 3.63) is 69.2 Å². The molecule has 0 bridgehead atoms. The normalized spacial score (nSPS) is 17.0. The number of nitrogens with zero attached hydrogens (tertiary/aromatic N) is 1. The predicted octanol–water partition coefficient (Wildman–Crippen LogP) is 5.71. The van der Waals surface area contributed by atoms with Crippen LogP contribution in [-0.4, -0.2) is 31.7 Å². The molecule has 0 aromatic heterocycles. The molecule has 33 heavy (non-hydrogen) atoms. The number of carbonyl (C=O) groups is 1. The van der Waals surface area contributed by atoms with E-state index in [-0.39, 0.29) is 29.0 Å². The minimum absolute atomic E-state index is 0.0337. The molecule has 1 heterocycles. The zero-order chi connectivity index (χ0) is 24.4. The number of carbonyl (C=O) groups excluding carboxylic acids is 1. The molecule has 0 radical (unpaired) electrons. The lowest BCUT2D eigenvalue weighted by atomic mass is 9.86. The highest BCUT2D eigenvalue weighted by Crippen LogP contribution is 2.29. The van der Waals surface area contributed by atoms with Gasteiger partial charge in [-0.2, -0.15) is 0 Å². The maximum Gasteiger partial charge on any atom is 0.223 e. The standard InChI is InChI=1S/C25H32Cl2N2O3S/c1-17(18-8-10-20(11-9-18)25(2,3)4)28-24(30)19-12-14-29(15-13-19)33(31,32)16-21-22(26)6-5-7-23(21)27/h5-11,17,19H,12-16H2,1-4H3,(H,28,30)/t17-/m1/s1. The third-order valence-corrected chi connectivity index (χ3v) is 8.76. The van der Waals surface area contributed by atoms with E-state index >= 15 is 0 Å². The molecule has 1 aliphatic heterocycles. The number of hydrogen-bond acceptors (Lipinski definition) is 3. The lowest BCUT2D eigenvalue weighted by Crippen LogP contribution is -2.43. The second-order valence-corrected chi connectivity index (χ2v) is 12.5. The van der Waals surface area contributed by atoms with Crippen molar-refractivity contribution in [1.29, 1.82) is 0 Å². The van der Waals surface area contributed by atoms with Crippen LogP contribution < -0.4 is 5.32 Å². The number of nitrogens with one attached hydrogen (secondary N) is 1. The number of hydrogen-bond donors (Lipinski definition) is 1. The lowest BCUT2D eigenvalue weighted by molar-refractivity contribution is -0.126. The van der Waals surface area contributed by atoms with E-state index in [9.17, 15) is 13.2 Å². The van der Waals surface area contributed by atoms with Crippen LogP contribution in [0.4, 0.5) is 0 Å². The fraction of sp³-hybridized carbons (Fsp3) is 0.480. The van der Waals surface area contributed by atoms with Crippen LogP contribution >= 0.6 is 23.2 Å². The van der Waals surface area contributed by atoms with Crippen LogP contribution in [0.15, 0.2) is 42.5 Å². The van der Waals surface area contributed by atoms with E-state index in [0.29, 0.717) is 41.5 Å². The molecule has 5 nitrogen and oxygen atoms in total. The van der Waals surface area contributed by atoms with Crippen LogP contribution in [0.1, 0.15) is 63.3 Å². The third kappa shape index (κ3) is 6.50. The summed E-state index contributed by atoms with van der Waals surface area (Å²) in [5.74, 6) is -0.491. The van der Waals surface area contributed by atoms with Gasteiger partial charge in [0.2, 0.25) is 15.9 Å². The van der Waals surface area contributed by atoms with Crippen molar-refractivity contribution >= 4 is 39.1 Å². The fourth-order valence-corrected chi connectivity index (χ4v) is 6.34. The van der Waals surface area contributed by atoms with Gasteiger partial charge in [0.15, 0.2) is 0 Å². The summed E-state index contributed by atoms with van der Waals surface area (Å²) in [6.45, 7) is 9.08. The molecule has 8 heteroatoms. The lowest BCUT2D eigenvalue weighted by Gasteiger charge is -2.31. The Kier molecular flexibility index (Phi) is 8.15. The average molecular weight is 512 g/mol. The highest BCUT2D eigenvalue weighted by molar-refractivity contribution is 7.88. The molecule has 0 spiro atoms. The number of halogens is 2. The molecule has 180 valence electrons. The first-order valence-electron chi connectivity index (χ1n) is 11.2. The monoisotopic (exact) mass is 510 g/mol. The van der Waals surface area contributed by atoms with Gasteiger partial charge in [-0.3, -0.25) is 4.79 Å². The van der Waals surface area contributed by atoms with Gasteiger partial charge in [-0.25, -0.2) is 12.7 Å². The maximum absolute atomic E-state index is 12.9. The van der Waals surface area contributed by atoms with Crippen molar-refractivity contribution in [2.75, 3.05) is 13.1 Å². The topological polar surface area (TPSA) is 66.5 Å². The summed E-state index contributed by atoms with van der Waals surface area (Å²) in [5.41, 5.74) is 2.78. The molecule has 1 fully saturated rings. The smallest absolute Gasteiger partial charge is 0.223 e. The summed E-state index contributed by atoms with van der Waals surface area (Å²) in [6.07, 6.45) is 0.966. The maximum atomic E-state index is 12.9. The van der Waals surface area contributed by atoms with Crippen LogP contribution in [0.25, 0.3) is 0 Å². The van der Waals surface area contributed by atoms with Crippen LogP contribution in [0, 0.1) is 5.92 Å². The largest absolute Gasteiger partial charge is 0.349 e. The Balaban J connectivity index is 1.56. The summed E-state index contributed by atoms with van der Waals surface area (Å²) < 4.78 is 27.2. The van der Waals surface area contributed by atoms with E-state index < -0.39 is 10.0 Å². The molecule has 0 unspecified atom stereocenters. The molecule has 1 aliphatic rings. The minimum atomic E-state index is -3.58. The second-order valence-electron chi connectivity index (χ2n) is 9.73. The van der Waals surface area contributed by atoms with E-state index in [1.807, 2.05) is 6.92 Å². The summed E-state index contributed by atoms with van der Waals surface area (Å²) in [5, 5.41) is 3.77. The van der Waals surface area contributed by atoms with Crippen molar-refractivity contribution in [3.8, 4) is 0 Å². The minimum Gasteiger partial charge on any atom is -0.349 e. The molecular formula is C25H32Cl2N2O3S. The Morgan fingerprint density at radius 1 is 1.06 bits per heavy atom. The molecule has 1 saturated heterocycles. The van der Waals surface area contributed by atoms with Gasteiger partial charge in [0, 0.05) is 34.6 Å². The van der Waals surface area contributed by atoms with Gasteiger partial charge in [0.05, 0.1) is 11.8 Å². The molecule has 2 aromatic rings. The number of rotatable bonds is 6. The van der Waals surface area contributed by atoms with Gasteiger partial charge >= 0.3 is 0 Å². The number of piperidine rings is 1. The quantitative estimate of drug-likeness (QED) is 0.540. The first kappa shape index (κ1) is 26.0. The van der Waals surface area contributed by atoms with Crippen LogP contribution in [0.5, 0.6) is 0 Å². The first-order valence-corrected chi connectivity index (χ1v) is 13.6. The first-order chi connectivity index (χ1) is 15.4. The summed E-state index contributed by atoms with van der Waals surface area (Å²) in [6, 6.07) is 13.2. The summed E-state index contributed by atoms with van der Waals surface area (Å²) in [4.78, 5) is 12.8. The molecule has 2 aromatic carbocycles. The van der Waals surface area contributed by atoms with Gasteiger partial charge in [-0.1, -0.05) is 74.3 Å². The van der Waals surface area contributed by atoms with Gasteiger partial charge in [-0.15, -0.1) is 0 Å². The van der Waals surface area contributed by atoms with E-state index in [0.717, 1.165) is 5.56 Å². The zero-order valence-corrected chi connectivity index (χ0v) is 21.9. The molecular weight excluding hydrogens is 479 g/mol. The van der Waals surface area contributed by atoms with Gasteiger partial charge in [-0.05, 0) is 48.4 Å². The zero-order valence-electron chi connectivity index (χ0n) is 19.6. The third-order valence-electron chi connectivity index (χ3n) is 6.24. The van der Waals surface area contributed by atoms with E-state index in [4.69, 9.17) is 23.2 Å². The Morgan fingerprint density at radius 2 is 1.61 bits per heavy atom. The summed E-state index contributed by atoms with van der Waals surface area (Å²) in [7, 11) is -3.58. The van der Waals surface area contributed by atoms with Crippen LogP contribution in [-0.2, 0) is 26.0 Å². The van der Waals surface area contributed by atoms with Crippen molar-refractivity contribution in [2.45, 2.75) is 57.7 Å². The van der Waals surface area contributed by atoms with Gasteiger partial charge < -0.3 is 5.32 Å². The Bertz CT molecular complexity index is 1070.